The van der Waals surface area contributed by atoms with Crippen molar-refractivity contribution in [2.24, 2.45) is 0 Å². The van der Waals surface area contributed by atoms with Crippen molar-refractivity contribution in [2.45, 2.75) is 19.9 Å². The van der Waals surface area contributed by atoms with E-state index in [9.17, 15) is 0 Å². The fraction of sp³-hybridized carbons (Fsp3) is 0.294. The molecule has 0 saturated heterocycles. The van der Waals surface area contributed by atoms with E-state index in [1.807, 2.05) is 12.1 Å². The molecule has 2 nitrogen and oxygen atoms in total. The quantitative estimate of drug-likeness (QED) is 0.803. The van der Waals surface area contributed by atoms with E-state index in [0.717, 1.165) is 29.7 Å². The monoisotopic (exact) mass is 333 g/mol. The van der Waals surface area contributed by atoms with E-state index in [2.05, 4.69) is 58.5 Å². The Kier molecular flexibility index (Phi) is 5.62. The Bertz CT molecular complexity index is 569. The minimum absolute atomic E-state index is 0.837. The fourth-order valence-electron chi connectivity index (χ4n) is 2.14. The van der Waals surface area contributed by atoms with Gasteiger partial charge in [0.15, 0.2) is 0 Å². The lowest BCUT2D eigenvalue weighted by Crippen LogP contribution is -2.17. The molecule has 0 aromatic heterocycles. The van der Waals surface area contributed by atoms with Crippen molar-refractivity contribution >= 4 is 15.9 Å². The molecule has 0 heterocycles. The first-order valence-electron chi connectivity index (χ1n) is 6.77. The Hall–Kier alpha value is -1.32. The first kappa shape index (κ1) is 15.1. The predicted molar refractivity (Wildman–Crippen MR) is 87.3 cm³/mol. The lowest BCUT2D eigenvalue weighted by atomic mass is 10.1. The molecule has 20 heavy (non-hydrogen) atoms. The van der Waals surface area contributed by atoms with Crippen LogP contribution in [0.25, 0.3) is 0 Å². The highest BCUT2D eigenvalue weighted by Crippen LogP contribution is 2.22. The zero-order valence-electron chi connectivity index (χ0n) is 11.9. The minimum atomic E-state index is 0.837. The van der Waals surface area contributed by atoms with Gasteiger partial charge in [-0.15, -0.1) is 0 Å². The Labute approximate surface area is 129 Å². The van der Waals surface area contributed by atoms with Gasteiger partial charge < -0.3 is 10.1 Å². The van der Waals surface area contributed by atoms with E-state index in [1.165, 1.54) is 16.7 Å². The number of halogens is 1. The summed E-state index contributed by atoms with van der Waals surface area (Å²) in [6.07, 6.45) is 1.04. The van der Waals surface area contributed by atoms with Crippen LogP contribution in [0.15, 0.2) is 46.9 Å². The zero-order valence-corrected chi connectivity index (χ0v) is 13.5. The van der Waals surface area contributed by atoms with Crippen molar-refractivity contribution in [3.63, 3.8) is 0 Å². The minimum Gasteiger partial charge on any atom is -0.497 e. The van der Waals surface area contributed by atoms with Crippen LogP contribution in [-0.4, -0.2) is 13.7 Å². The first-order valence-corrected chi connectivity index (χ1v) is 7.57. The lowest BCUT2D eigenvalue weighted by molar-refractivity contribution is 0.414. The standard InChI is InChI=1S/C17H20BrNO/c1-13-4-3-5-14(10-13)8-9-19-12-15-11-16(20-2)6-7-17(15)18/h3-7,10-11,19H,8-9,12H2,1-2H3. The van der Waals surface area contributed by atoms with E-state index in [0.29, 0.717) is 0 Å². The van der Waals surface area contributed by atoms with Crippen LogP contribution in [0.4, 0.5) is 0 Å². The van der Waals surface area contributed by atoms with Gasteiger partial charge in [-0.3, -0.25) is 0 Å². The highest BCUT2D eigenvalue weighted by Gasteiger charge is 2.02. The summed E-state index contributed by atoms with van der Waals surface area (Å²) in [5, 5.41) is 3.48. The highest BCUT2D eigenvalue weighted by molar-refractivity contribution is 9.10. The molecule has 0 aliphatic heterocycles. The summed E-state index contributed by atoms with van der Waals surface area (Å²) in [6.45, 7) is 3.93. The van der Waals surface area contributed by atoms with Crippen LogP contribution >= 0.6 is 15.9 Å². The molecule has 1 N–H and O–H groups in total. The Morgan fingerprint density at radius 2 is 2.00 bits per heavy atom. The van der Waals surface area contributed by atoms with Gasteiger partial charge in [0.25, 0.3) is 0 Å². The average molecular weight is 334 g/mol. The number of aryl methyl sites for hydroxylation is 1. The van der Waals surface area contributed by atoms with Gasteiger partial charge in [-0.2, -0.15) is 0 Å². The molecule has 0 bridgehead atoms. The molecule has 0 aliphatic carbocycles. The summed E-state index contributed by atoms with van der Waals surface area (Å²) in [5.41, 5.74) is 3.91. The van der Waals surface area contributed by atoms with Gasteiger partial charge in [0.05, 0.1) is 7.11 Å². The van der Waals surface area contributed by atoms with Gasteiger partial charge in [-0.05, 0) is 49.2 Å². The SMILES string of the molecule is COc1ccc(Br)c(CNCCc2cccc(C)c2)c1. The van der Waals surface area contributed by atoms with E-state index in [-0.39, 0.29) is 0 Å². The number of methoxy groups -OCH3 is 1. The molecule has 2 aromatic carbocycles. The topological polar surface area (TPSA) is 21.3 Å². The smallest absolute Gasteiger partial charge is 0.119 e. The van der Waals surface area contributed by atoms with Crippen LogP contribution in [0.5, 0.6) is 5.75 Å². The lowest BCUT2D eigenvalue weighted by Gasteiger charge is -2.09. The van der Waals surface area contributed by atoms with Crippen LogP contribution in [0.1, 0.15) is 16.7 Å². The third-order valence-corrected chi connectivity index (χ3v) is 4.01. The molecular weight excluding hydrogens is 314 g/mol. The van der Waals surface area contributed by atoms with Crippen LogP contribution in [0, 0.1) is 6.92 Å². The summed E-state index contributed by atoms with van der Waals surface area (Å²) >= 11 is 3.57. The number of ether oxygens (including phenoxy) is 1. The largest absolute Gasteiger partial charge is 0.497 e. The van der Waals surface area contributed by atoms with Crippen molar-refractivity contribution in [2.75, 3.05) is 13.7 Å². The molecule has 2 rings (SSSR count). The number of hydrogen-bond donors (Lipinski definition) is 1. The first-order chi connectivity index (χ1) is 9.69. The van der Waals surface area contributed by atoms with Crippen molar-refractivity contribution in [3.05, 3.63) is 63.6 Å². The molecule has 3 heteroatoms. The van der Waals surface area contributed by atoms with Crippen molar-refractivity contribution < 1.29 is 4.74 Å². The van der Waals surface area contributed by atoms with E-state index < -0.39 is 0 Å². The molecule has 0 radical (unpaired) electrons. The molecule has 0 unspecified atom stereocenters. The number of nitrogens with one attached hydrogen (secondary N) is 1. The fourth-order valence-corrected chi connectivity index (χ4v) is 2.52. The molecule has 2 aromatic rings. The van der Waals surface area contributed by atoms with Gasteiger partial charge in [-0.1, -0.05) is 45.8 Å². The van der Waals surface area contributed by atoms with Gasteiger partial charge in [0.1, 0.15) is 5.75 Å². The van der Waals surface area contributed by atoms with Crippen LogP contribution in [-0.2, 0) is 13.0 Å². The van der Waals surface area contributed by atoms with Crippen LogP contribution in [0.3, 0.4) is 0 Å². The summed E-state index contributed by atoms with van der Waals surface area (Å²) in [5.74, 6) is 0.892. The van der Waals surface area contributed by atoms with Crippen LogP contribution < -0.4 is 10.1 Å². The number of rotatable bonds is 6. The molecule has 0 amide bonds. The van der Waals surface area contributed by atoms with E-state index in [1.54, 1.807) is 7.11 Å². The molecular formula is C17H20BrNO. The molecule has 0 atom stereocenters. The van der Waals surface area contributed by atoms with Gasteiger partial charge in [0, 0.05) is 11.0 Å². The maximum atomic E-state index is 5.25. The summed E-state index contributed by atoms with van der Waals surface area (Å²) in [7, 11) is 1.69. The van der Waals surface area contributed by atoms with Crippen molar-refractivity contribution in [1.82, 2.24) is 5.32 Å². The molecule has 0 aliphatic rings. The molecule has 0 fully saturated rings. The van der Waals surface area contributed by atoms with Gasteiger partial charge in [-0.25, -0.2) is 0 Å². The maximum absolute atomic E-state index is 5.25. The average Bonchev–Trinajstić information content (AvgIpc) is 2.45. The zero-order chi connectivity index (χ0) is 14.4. The van der Waals surface area contributed by atoms with Crippen molar-refractivity contribution in [1.29, 1.82) is 0 Å². The van der Waals surface area contributed by atoms with Crippen molar-refractivity contribution in [3.8, 4) is 5.75 Å². The highest BCUT2D eigenvalue weighted by atomic mass is 79.9. The second kappa shape index (κ2) is 7.46. The molecule has 0 spiro atoms. The molecule has 0 saturated carbocycles. The second-order valence-corrected chi connectivity index (χ2v) is 5.73. The Morgan fingerprint density at radius 3 is 2.75 bits per heavy atom. The van der Waals surface area contributed by atoms with Gasteiger partial charge in [0.2, 0.25) is 0 Å². The Morgan fingerprint density at radius 1 is 1.15 bits per heavy atom. The number of benzene rings is 2. The van der Waals surface area contributed by atoms with E-state index in [4.69, 9.17) is 4.74 Å². The van der Waals surface area contributed by atoms with Crippen LogP contribution in [0.2, 0.25) is 0 Å². The summed E-state index contributed by atoms with van der Waals surface area (Å²) in [6, 6.07) is 14.7. The number of hydrogen-bond acceptors (Lipinski definition) is 2. The third-order valence-electron chi connectivity index (χ3n) is 3.24. The summed E-state index contributed by atoms with van der Waals surface area (Å²) < 4.78 is 6.36. The normalized spacial score (nSPS) is 10.6. The maximum Gasteiger partial charge on any atom is 0.119 e. The summed E-state index contributed by atoms with van der Waals surface area (Å²) in [4.78, 5) is 0. The second-order valence-electron chi connectivity index (χ2n) is 4.87. The third kappa shape index (κ3) is 4.36. The predicted octanol–water partition coefficient (Wildman–Crippen LogP) is 4.10. The van der Waals surface area contributed by atoms with E-state index >= 15 is 0 Å². The molecule has 106 valence electrons. The van der Waals surface area contributed by atoms with Gasteiger partial charge >= 0.3 is 0 Å². The Balaban J connectivity index is 1.84.